The lowest BCUT2D eigenvalue weighted by Crippen LogP contribution is -2.30. The van der Waals surface area contributed by atoms with E-state index in [4.69, 9.17) is 4.99 Å². The highest BCUT2D eigenvalue weighted by molar-refractivity contribution is 6.38. The number of amidine groups is 1. The standard InChI is InChI=1S/C26H21N3O/c1-16-8-5-13-20-22(16)26(30)29(21-14-6-11-19-12-7-15-27-24(19)21)25(20)28-23-17(2)9-4-10-18(23)3/h4-15H,1-3H3. The van der Waals surface area contributed by atoms with Gasteiger partial charge in [0, 0.05) is 17.1 Å². The van der Waals surface area contributed by atoms with E-state index in [0.717, 1.165) is 44.5 Å². The Kier molecular flexibility index (Phi) is 4.21. The van der Waals surface area contributed by atoms with Crippen LogP contribution in [0, 0.1) is 20.8 Å². The predicted octanol–water partition coefficient (Wildman–Crippen LogP) is 5.90. The summed E-state index contributed by atoms with van der Waals surface area (Å²) in [6, 6.07) is 21.9. The van der Waals surface area contributed by atoms with E-state index in [9.17, 15) is 4.79 Å². The van der Waals surface area contributed by atoms with Crippen molar-refractivity contribution in [3.63, 3.8) is 0 Å². The number of aromatic nitrogens is 1. The quantitative estimate of drug-likeness (QED) is 0.427. The van der Waals surface area contributed by atoms with Crippen LogP contribution in [-0.4, -0.2) is 16.7 Å². The molecule has 0 radical (unpaired) electrons. The maximum atomic E-state index is 13.6. The van der Waals surface area contributed by atoms with E-state index in [1.807, 2.05) is 87.5 Å². The van der Waals surface area contributed by atoms with Crippen molar-refractivity contribution in [3.05, 3.63) is 101 Å². The van der Waals surface area contributed by atoms with Gasteiger partial charge in [-0.05, 0) is 49.6 Å². The van der Waals surface area contributed by atoms with Crippen molar-refractivity contribution in [3.8, 4) is 0 Å². The summed E-state index contributed by atoms with van der Waals surface area (Å²) in [5, 5.41) is 0.988. The fourth-order valence-corrected chi connectivity index (χ4v) is 4.16. The number of carbonyl (C=O) groups excluding carboxylic acids is 1. The number of amides is 1. The number of fused-ring (bicyclic) bond motifs is 2. The molecule has 0 aliphatic carbocycles. The van der Waals surface area contributed by atoms with Gasteiger partial charge in [-0.3, -0.25) is 14.7 Å². The van der Waals surface area contributed by atoms with Crippen LogP contribution in [0.5, 0.6) is 0 Å². The Morgan fingerprint density at radius 2 is 1.47 bits per heavy atom. The molecule has 0 saturated heterocycles. The van der Waals surface area contributed by atoms with Crippen molar-refractivity contribution >= 4 is 34.0 Å². The van der Waals surface area contributed by atoms with Gasteiger partial charge < -0.3 is 0 Å². The molecule has 1 amide bonds. The largest absolute Gasteiger partial charge is 0.268 e. The average Bonchev–Trinajstić information content (AvgIpc) is 3.03. The highest BCUT2D eigenvalue weighted by Crippen LogP contribution is 2.36. The molecule has 3 aromatic carbocycles. The lowest BCUT2D eigenvalue weighted by Gasteiger charge is -2.19. The molecule has 0 bridgehead atoms. The van der Waals surface area contributed by atoms with Crippen molar-refractivity contribution in [1.82, 2.24) is 4.98 Å². The van der Waals surface area contributed by atoms with Crippen molar-refractivity contribution in [2.24, 2.45) is 4.99 Å². The summed E-state index contributed by atoms with van der Waals surface area (Å²) < 4.78 is 0. The Morgan fingerprint density at radius 3 is 2.27 bits per heavy atom. The van der Waals surface area contributed by atoms with E-state index in [-0.39, 0.29) is 5.91 Å². The van der Waals surface area contributed by atoms with Crippen LogP contribution in [-0.2, 0) is 0 Å². The molecular formula is C26H21N3O. The molecule has 0 N–H and O–H groups in total. The first kappa shape index (κ1) is 18.3. The number of hydrogen-bond donors (Lipinski definition) is 0. The molecule has 0 spiro atoms. The van der Waals surface area contributed by atoms with Crippen LogP contribution < -0.4 is 4.90 Å². The lowest BCUT2D eigenvalue weighted by molar-refractivity contribution is 0.101. The number of para-hydroxylation sites is 2. The Morgan fingerprint density at radius 1 is 0.800 bits per heavy atom. The fourth-order valence-electron chi connectivity index (χ4n) is 4.16. The number of hydrogen-bond acceptors (Lipinski definition) is 3. The smallest absolute Gasteiger partial charge is 0.265 e. The molecule has 30 heavy (non-hydrogen) atoms. The highest BCUT2D eigenvalue weighted by atomic mass is 16.2. The topological polar surface area (TPSA) is 45.6 Å². The molecule has 4 heteroatoms. The SMILES string of the molecule is Cc1cccc(C)c1N=C1c2cccc(C)c2C(=O)N1c1cccc2cccnc12. The van der Waals surface area contributed by atoms with Gasteiger partial charge in [0.2, 0.25) is 0 Å². The molecule has 0 saturated carbocycles. The predicted molar refractivity (Wildman–Crippen MR) is 122 cm³/mol. The Labute approximate surface area is 175 Å². The first-order valence-corrected chi connectivity index (χ1v) is 9.99. The second-order valence-electron chi connectivity index (χ2n) is 7.67. The number of rotatable bonds is 2. The van der Waals surface area contributed by atoms with Gasteiger partial charge in [-0.2, -0.15) is 0 Å². The molecule has 4 aromatic rings. The Hall–Kier alpha value is -3.79. The molecule has 0 unspecified atom stereocenters. The summed E-state index contributed by atoms with van der Waals surface area (Å²) >= 11 is 0. The van der Waals surface area contributed by atoms with Gasteiger partial charge >= 0.3 is 0 Å². The first-order chi connectivity index (χ1) is 14.6. The first-order valence-electron chi connectivity index (χ1n) is 9.99. The summed E-state index contributed by atoms with van der Waals surface area (Å²) in [6.45, 7) is 6.06. The van der Waals surface area contributed by atoms with Gasteiger partial charge in [-0.1, -0.05) is 54.6 Å². The second kappa shape index (κ2) is 6.92. The molecule has 2 heterocycles. The Bertz CT molecular complexity index is 1330. The van der Waals surface area contributed by atoms with Crippen LogP contribution in [0.4, 0.5) is 11.4 Å². The minimum atomic E-state index is -0.0637. The zero-order valence-electron chi connectivity index (χ0n) is 17.2. The van der Waals surface area contributed by atoms with E-state index in [2.05, 4.69) is 4.98 Å². The van der Waals surface area contributed by atoms with Crippen LogP contribution in [0.1, 0.15) is 32.6 Å². The van der Waals surface area contributed by atoms with E-state index < -0.39 is 0 Å². The molecule has 1 aliphatic rings. The summed E-state index contributed by atoms with van der Waals surface area (Å²) in [7, 11) is 0. The molecule has 1 aliphatic heterocycles. The number of carbonyl (C=O) groups is 1. The Balaban J connectivity index is 1.82. The maximum absolute atomic E-state index is 13.6. The van der Waals surface area contributed by atoms with Gasteiger partial charge in [-0.25, -0.2) is 4.99 Å². The van der Waals surface area contributed by atoms with Crippen molar-refractivity contribution in [2.75, 3.05) is 4.90 Å². The van der Waals surface area contributed by atoms with Crippen LogP contribution in [0.3, 0.4) is 0 Å². The van der Waals surface area contributed by atoms with Gasteiger partial charge in [0.15, 0.2) is 0 Å². The van der Waals surface area contributed by atoms with Crippen LogP contribution in [0.25, 0.3) is 10.9 Å². The summed E-state index contributed by atoms with van der Waals surface area (Å²) in [5.74, 6) is 0.584. The van der Waals surface area contributed by atoms with Crippen molar-refractivity contribution in [1.29, 1.82) is 0 Å². The van der Waals surface area contributed by atoms with Gasteiger partial charge in [0.05, 0.1) is 22.5 Å². The normalized spacial score (nSPS) is 14.6. The monoisotopic (exact) mass is 391 g/mol. The summed E-state index contributed by atoms with van der Waals surface area (Å²) in [5.41, 5.74) is 7.09. The third-order valence-corrected chi connectivity index (χ3v) is 5.65. The third-order valence-electron chi connectivity index (χ3n) is 5.65. The zero-order valence-corrected chi connectivity index (χ0v) is 17.2. The van der Waals surface area contributed by atoms with Crippen molar-refractivity contribution in [2.45, 2.75) is 20.8 Å². The molecule has 146 valence electrons. The lowest BCUT2D eigenvalue weighted by atomic mass is 10.0. The minimum Gasteiger partial charge on any atom is -0.268 e. The molecule has 5 rings (SSSR count). The number of aliphatic imine (C=N–C) groups is 1. The molecule has 0 atom stereocenters. The average molecular weight is 391 g/mol. The van der Waals surface area contributed by atoms with Gasteiger partial charge in [0.25, 0.3) is 5.91 Å². The van der Waals surface area contributed by atoms with E-state index in [1.54, 1.807) is 11.1 Å². The number of benzene rings is 3. The molecule has 1 aromatic heterocycles. The number of anilines is 1. The van der Waals surface area contributed by atoms with Crippen molar-refractivity contribution < 1.29 is 4.79 Å². The van der Waals surface area contributed by atoms with Crippen LogP contribution >= 0.6 is 0 Å². The number of aryl methyl sites for hydroxylation is 3. The highest BCUT2D eigenvalue weighted by Gasteiger charge is 2.37. The van der Waals surface area contributed by atoms with E-state index in [1.165, 1.54) is 0 Å². The summed E-state index contributed by atoms with van der Waals surface area (Å²) in [4.78, 5) is 25.0. The molecular weight excluding hydrogens is 370 g/mol. The number of pyridine rings is 1. The van der Waals surface area contributed by atoms with Crippen LogP contribution in [0.2, 0.25) is 0 Å². The van der Waals surface area contributed by atoms with Crippen LogP contribution in [0.15, 0.2) is 77.9 Å². The molecule has 4 nitrogen and oxygen atoms in total. The van der Waals surface area contributed by atoms with Gasteiger partial charge in [0.1, 0.15) is 5.84 Å². The molecule has 0 fully saturated rings. The minimum absolute atomic E-state index is 0.0637. The van der Waals surface area contributed by atoms with Gasteiger partial charge in [-0.15, -0.1) is 0 Å². The maximum Gasteiger partial charge on any atom is 0.265 e. The fraction of sp³-hybridized carbons (Fsp3) is 0.115. The third kappa shape index (κ3) is 2.72. The zero-order chi connectivity index (χ0) is 20.8. The summed E-state index contributed by atoms with van der Waals surface area (Å²) in [6.07, 6.45) is 1.76. The van der Waals surface area contributed by atoms with E-state index in [0.29, 0.717) is 11.4 Å². The van der Waals surface area contributed by atoms with E-state index >= 15 is 0 Å². The second-order valence-corrected chi connectivity index (χ2v) is 7.67. The number of nitrogens with zero attached hydrogens (tertiary/aromatic N) is 3.